The molecular weight excluding hydrogens is 412 g/mol. The van der Waals surface area contributed by atoms with E-state index in [4.69, 9.17) is 9.72 Å². The first-order valence-electron chi connectivity index (χ1n) is 9.94. The van der Waals surface area contributed by atoms with Gasteiger partial charge in [0, 0.05) is 36.4 Å². The number of aromatic nitrogens is 5. The second-order valence-electron chi connectivity index (χ2n) is 7.08. The van der Waals surface area contributed by atoms with Gasteiger partial charge in [-0.15, -0.1) is 12.4 Å². The third kappa shape index (κ3) is 4.04. The van der Waals surface area contributed by atoms with Crippen molar-refractivity contribution >= 4 is 34.8 Å². The molecule has 2 aromatic carbocycles. The number of halogens is 1. The molecule has 3 aromatic heterocycles. The largest absolute Gasteiger partial charge is 0.497 e. The molecule has 0 spiro atoms. The third-order valence-electron chi connectivity index (χ3n) is 5.19. The standard InChI is InChI=1S/C23H22N6O.ClH/c1-30-18-9-7-17(8-10-18)20-15-26-29-21-6-3-2-5-19(21)22(27-23(20)29)25-11-4-13-28-14-12-24-16-28;/h2-3,5-10,12,14-16H,4,11,13H2,1H3,(H,25,27);1H. The zero-order valence-corrected chi connectivity index (χ0v) is 17.9. The van der Waals surface area contributed by atoms with E-state index >= 15 is 0 Å². The Morgan fingerprint density at radius 3 is 2.68 bits per heavy atom. The fourth-order valence-corrected chi connectivity index (χ4v) is 3.65. The number of anilines is 1. The lowest BCUT2D eigenvalue weighted by Crippen LogP contribution is -2.08. The molecule has 0 radical (unpaired) electrons. The number of nitrogens with zero attached hydrogens (tertiary/aromatic N) is 5. The molecule has 0 aliphatic heterocycles. The topological polar surface area (TPSA) is 69.3 Å². The lowest BCUT2D eigenvalue weighted by Gasteiger charge is -2.11. The Morgan fingerprint density at radius 1 is 1.06 bits per heavy atom. The van der Waals surface area contributed by atoms with Crippen LogP contribution in [0.15, 0.2) is 73.4 Å². The summed E-state index contributed by atoms with van der Waals surface area (Å²) in [6, 6.07) is 16.2. The van der Waals surface area contributed by atoms with Crippen LogP contribution in [0.1, 0.15) is 6.42 Å². The van der Waals surface area contributed by atoms with Crippen LogP contribution in [0.5, 0.6) is 5.75 Å². The molecule has 0 aliphatic carbocycles. The molecule has 0 amide bonds. The number of aryl methyl sites for hydroxylation is 1. The van der Waals surface area contributed by atoms with Crippen LogP contribution in [0, 0.1) is 0 Å². The van der Waals surface area contributed by atoms with E-state index < -0.39 is 0 Å². The van der Waals surface area contributed by atoms with Crippen molar-refractivity contribution in [1.29, 1.82) is 0 Å². The second kappa shape index (κ2) is 9.06. The summed E-state index contributed by atoms with van der Waals surface area (Å²) in [5.74, 6) is 1.70. The van der Waals surface area contributed by atoms with Crippen molar-refractivity contribution in [1.82, 2.24) is 24.1 Å². The predicted octanol–water partition coefficient (Wildman–Crippen LogP) is 4.68. The van der Waals surface area contributed by atoms with E-state index in [1.165, 1.54) is 0 Å². The van der Waals surface area contributed by atoms with E-state index in [1.54, 1.807) is 13.3 Å². The van der Waals surface area contributed by atoms with Gasteiger partial charge in [-0.2, -0.15) is 5.10 Å². The van der Waals surface area contributed by atoms with E-state index in [-0.39, 0.29) is 12.4 Å². The maximum atomic E-state index is 5.28. The van der Waals surface area contributed by atoms with E-state index in [2.05, 4.69) is 32.1 Å². The van der Waals surface area contributed by atoms with Gasteiger partial charge >= 0.3 is 0 Å². The summed E-state index contributed by atoms with van der Waals surface area (Å²) >= 11 is 0. The molecule has 0 aliphatic rings. The summed E-state index contributed by atoms with van der Waals surface area (Å²) in [5.41, 5.74) is 3.90. The van der Waals surface area contributed by atoms with Crippen molar-refractivity contribution in [2.45, 2.75) is 13.0 Å². The van der Waals surface area contributed by atoms with Gasteiger partial charge in [0.25, 0.3) is 0 Å². The molecule has 7 nitrogen and oxygen atoms in total. The van der Waals surface area contributed by atoms with Crippen LogP contribution in [0.3, 0.4) is 0 Å². The molecule has 0 bridgehead atoms. The Labute approximate surface area is 186 Å². The van der Waals surface area contributed by atoms with Crippen LogP contribution in [0.2, 0.25) is 0 Å². The number of ether oxygens (including phenoxy) is 1. The maximum absolute atomic E-state index is 5.28. The number of para-hydroxylation sites is 1. The Balaban J connectivity index is 0.00000231. The summed E-state index contributed by atoms with van der Waals surface area (Å²) in [4.78, 5) is 9.05. The minimum atomic E-state index is 0. The van der Waals surface area contributed by atoms with Gasteiger partial charge in [0.2, 0.25) is 0 Å². The number of hydrogen-bond donors (Lipinski definition) is 1. The number of fused-ring (bicyclic) bond motifs is 3. The average Bonchev–Trinajstić information content (AvgIpc) is 3.47. The average molecular weight is 435 g/mol. The van der Waals surface area contributed by atoms with E-state index in [1.807, 2.05) is 59.6 Å². The highest BCUT2D eigenvalue weighted by Gasteiger charge is 2.14. The van der Waals surface area contributed by atoms with Crippen molar-refractivity contribution in [3.8, 4) is 16.9 Å². The van der Waals surface area contributed by atoms with Gasteiger partial charge in [0.15, 0.2) is 5.65 Å². The minimum absolute atomic E-state index is 0. The second-order valence-corrected chi connectivity index (χ2v) is 7.08. The summed E-state index contributed by atoms with van der Waals surface area (Å²) < 4.78 is 9.27. The summed E-state index contributed by atoms with van der Waals surface area (Å²) in [6.07, 6.45) is 8.47. The Hall–Kier alpha value is -3.58. The first-order chi connectivity index (χ1) is 14.8. The van der Waals surface area contributed by atoms with Crippen LogP contribution in [0.25, 0.3) is 27.7 Å². The normalized spacial score (nSPS) is 10.9. The van der Waals surface area contributed by atoms with Gasteiger partial charge in [-0.1, -0.05) is 24.3 Å². The van der Waals surface area contributed by atoms with Crippen LogP contribution in [-0.4, -0.2) is 37.8 Å². The monoisotopic (exact) mass is 434 g/mol. The quantitative estimate of drug-likeness (QED) is 0.377. The first-order valence-corrected chi connectivity index (χ1v) is 9.94. The fraction of sp³-hybridized carbons (Fsp3) is 0.174. The number of methoxy groups -OCH3 is 1. The fourth-order valence-electron chi connectivity index (χ4n) is 3.65. The van der Waals surface area contributed by atoms with Gasteiger partial charge in [-0.05, 0) is 36.2 Å². The van der Waals surface area contributed by atoms with Gasteiger partial charge in [-0.3, -0.25) is 0 Å². The summed E-state index contributed by atoms with van der Waals surface area (Å²) in [6.45, 7) is 1.73. The van der Waals surface area contributed by atoms with Crippen molar-refractivity contribution < 1.29 is 4.74 Å². The predicted molar refractivity (Wildman–Crippen MR) is 125 cm³/mol. The van der Waals surface area contributed by atoms with Crippen molar-refractivity contribution in [3.63, 3.8) is 0 Å². The Bertz CT molecular complexity index is 1280. The lowest BCUT2D eigenvalue weighted by atomic mass is 10.1. The van der Waals surface area contributed by atoms with Crippen molar-refractivity contribution in [2.75, 3.05) is 19.0 Å². The molecule has 158 valence electrons. The molecule has 0 unspecified atom stereocenters. The van der Waals surface area contributed by atoms with Gasteiger partial charge in [-0.25, -0.2) is 14.5 Å². The molecular formula is C23H23ClN6O. The molecule has 0 saturated heterocycles. The summed E-state index contributed by atoms with van der Waals surface area (Å²) in [7, 11) is 1.67. The van der Waals surface area contributed by atoms with Crippen LogP contribution in [-0.2, 0) is 6.54 Å². The minimum Gasteiger partial charge on any atom is -0.497 e. The van der Waals surface area contributed by atoms with Crippen LogP contribution >= 0.6 is 12.4 Å². The van der Waals surface area contributed by atoms with Gasteiger partial charge in [0.1, 0.15) is 11.6 Å². The Morgan fingerprint density at radius 2 is 1.90 bits per heavy atom. The van der Waals surface area contributed by atoms with E-state index in [0.29, 0.717) is 0 Å². The molecule has 31 heavy (non-hydrogen) atoms. The van der Waals surface area contributed by atoms with E-state index in [9.17, 15) is 0 Å². The molecule has 5 aromatic rings. The highest BCUT2D eigenvalue weighted by Crippen LogP contribution is 2.30. The zero-order chi connectivity index (χ0) is 20.3. The van der Waals surface area contributed by atoms with Crippen LogP contribution in [0.4, 0.5) is 5.82 Å². The molecule has 0 saturated carbocycles. The molecule has 0 fully saturated rings. The highest BCUT2D eigenvalue weighted by atomic mass is 35.5. The number of imidazole rings is 1. The first kappa shape index (κ1) is 20.7. The third-order valence-corrected chi connectivity index (χ3v) is 5.19. The van der Waals surface area contributed by atoms with Crippen LogP contribution < -0.4 is 10.1 Å². The van der Waals surface area contributed by atoms with Gasteiger partial charge in [0.05, 0.1) is 25.2 Å². The van der Waals surface area contributed by atoms with Crippen molar-refractivity contribution in [3.05, 3.63) is 73.4 Å². The highest BCUT2D eigenvalue weighted by molar-refractivity contribution is 5.93. The number of benzene rings is 2. The molecule has 8 heteroatoms. The smallest absolute Gasteiger partial charge is 0.165 e. The van der Waals surface area contributed by atoms with E-state index in [0.717, 1.165) is 58.8 Å². The summed E-state index contributed by atoms with van der Waals surface area (Å²) in [5, 5.41) is 9.20. The number of rotatable bonds is 7. The molecule has 0 atom stereocenters. The SMILES string of the molecule is COc1ccc(-c2cnn3c2nc(NCCCn2ccnc2)c2ccccc23)cc1.Cl. The van der Waals surface area contributed by atoms with Crippen molar-refractivity contribution in [2.24, 2.45) is 0 Å². The molecule has 3 heterocycles. The van der Waals surface area contributed by atoms with Gasteiger partial charge < -0.3 is 14.6 Å². The number of nitrogens with one attached hydrogen (secondary N) is 1. The zero-order valence-electron chi connectivity index (χ0n) is 17.1. The molecule has 5 rings (SSSR count). The Kier molecular flexibility index (Phi) is 6.04. The maximum Gasteiger partial charge on any atom is 0.165 e. The molecule has 1 N–H and O–H groups in total. The number of hydrogen-bond acceptors (Lipinski definition) is 5. The lowest BCUT2D eigenvalue weighted by molar-refractivity contribution is 0.415.